The number of hydrogen-bond donors (Lipinski definition) is 2. The Balaban J connectivity index is 0.00000242. The Bertz CT molecular complexity index is 520. The van der Waals surface area contributed by atoms with Crippen LogP contribution in [0, 0.1) is 5.92 Å². The number of carbonyl (C=O) groups excluding carboxylic acids is 1. The maximum atomic E-state index is 12.3. The van der Waals surface area contributed by atoms with E-state index in [0.717, 1.165) is 31.2 Å². The van der Waals surface area contributed by atoms with Crippen molar-refractivity contribution in [3.63, 3.8) is 0 Å². The highest BCUT2D eigenvalue weighted by molar-refractivity contribution is 6.42. The molecule has 1 aromatic rings. The van der Waals surface area contributed by atoms with Crippen LogP contribution < -0.4 is 11.1 Å². The Morgan fingerprint density at radius 3 is 2.82 bits per heavy atom. The van der Waals surface area contributed by atoms with E-state index in [1.54, 1.807) is 6.07 Å². The third kappa shape index (κ3) is 4.76. The number of nitrogens with one attached hydrogen (secondary N) is 1. The van der Waals surface area contributed by atoms with Crippen molar-refractivity contribution < 1.29 is 4.79 Å². The summed E-state index contributed by atoms with van der Waals surface area (Å²) >= 11 is 12.1. The van der Waals surface area contributed by atoms with Crippen LogP contribution in [0.1, 0.15) is 38.2 Å². The molecule has 0 radical (unpaired) electrons. The number of rotatable bonds is 4. The topological polar surface area (TPSA) is 55.1 Å². The fraction of sp³-hybridized carbons (Fsp3) is 0.562. The van der Waals surface area contributed by atoms with Crippen LogP contribution in [0.3, 0.4) is 0 Å². The summed E-state index contributed by atoms with van der Waals surface area (Å²) in [5.41, 5.74) is 6.81. The lowest BCUT2D eigenvalue weighted by atomic mass is 9.74. The number of hydrogen-bond acceptors (Lipinski definition) is 2. The Hall–Kier alpha value is -0.480. The highest BCUT2D eigenvalue weighted by Crippen LogP contribution is 2.31. The molecule has 3 nitrogen and oxygen atoms in total. The lowest BCUT2D eigenvalue weighted by molar-refractivity contribution is -0.128. The highest BCUT2D eigenvalue weighted by Gasteiger charge is 2.37. The lowest BCUT2D eigenvalue weighted by Gasteiger charge is -2.37. The summed E-state index contributed by atoms with van der Waals surface area (Å²) in [7, 11) is 0. The normalized spacial score (nSPS) is 24.5. The molecule has 2 unspecified atom stereocenters. The van der Waals surface area contributed by atoms with Crippen LogP contribution in [0.2, 0.25) is 10.0 Å². The van der Waals surface area contributed by atoms with Crippen molar-refractivity contribution in [2.45, 2.75) is 44.6 Å². The number of nitrogens with two attached hydrogens (primary N) is 1. The van der Waals surface area contributed by atoms with Crippen molar-refractivity contribution in [1.29, 1.82) is 0 Å². The SMILES string of the molecule is CC1(N)CCCCC1C(=O)NCCc1cccc(Cl)c1Cl.Cl. The average Bonchev–Trinajstić information content (AvgIpc) is 2.43. The third-order valence-corrected chi connectivity index (χ3v) is 5.15. The first-order valence-corrected chi connectivity index (χ1v) is 8.17. The number of benzene rings is 1. The zero-order valence-corrected chi connectivity index (χ0v) is 15.0. The fourth-order valence-corrected chi connectivity index (χ4v) is 3.39. The van der Waals surface area contributed by atoms with Gasteiger partial charge < -0.3 is 11.1 Å². The standard InChI is InChI=1S/C16H22Cl2N2O.ClH/c1-16(19)9-3-2-6-12(16)15(21)20-10-8-11-5-4-7-13(17)14(11)18;/h4-5,7,12H,2-3,6,8-10,19H2,1H3,(H,20,21);1H. The summed E-state index contributed by atoms with van der Waals surface area (Å²) < 4.78 is 0. The molecule has 0 bridgehead atoms. The van der Waals surface area contributed by atoms with Gasteiger partial charge in [0.15, 0.2) is 0 Å². The molecule has 124 valence electrons. The predicted octanol–water partition coefficient (Wildman–Crippen LogP) is 3.98. The van der Waals surface area contributed by atoms with E-state index in [1.165, 1.54) is 0 Å². The van der Waals surface area contributed by atoms with Crippen LogP contribution in [0.5, 0.6) is 0 Å². The highest BCUT2D eigenvalue weighted by atomic mass is 35.5. The Kier molecular flexibility index (Phi) is 7.47. The first-order valence-electron chi connectivity index (χ1n) is 7.41. The summed E-state index contributed by atoms with van der Waals surface area (Å²) in [5, 5.41) is 4.09. The molecular weight excluding hydrogens is 343 g/mol. The molecule has 0 aliphatic heterocycles. The lowest BCUT2D eigenvalue weighted by Crippen LogP contribution is -2.53. The van der Waals surface area contributed by atoms with Gasteiger partial charge >= 0.3 is 0 Å². The number of halogens is 3. The van der Waals surface area contributed by atoms with Crippen LogP contribution in [0.15, 0.2) is 18.2 Å². The summed E-state index contributed by atoms with van der Waals surface area (Å²) in [6, 6.07) is 5.55. The van der Waals surface area contributed by atoms with E-state index < -0.39 is 5.54 Å². The zero-order valence-electron chi connectivity index (χ0n) is 12.7. The molecule has 2 atom stereocenters. The summed E-state index contributed by atoms with van der Waals surface area (Å²) in [6.45, 7) is 2.52. The van der Waals surface area contributed by atoms with Crippen LogP contribution >= 0.6 is 35.6 Å². The van der Waals surface area contributed by atoms with E-state index in [9.17, 15) is 4.79 Å². The van der Waals surface area contributed by atoms with Crippen molar-refractivity contribution >= 4 is 41.5 Å². The zero-order chi connectivity index (χ0) is 15.5. The van der Waals surface area contributed by atoms with E-state index >= 15 is 0 Å². The average molecular weight is 366 g/mol. The van der Waals surface area contributed by atoms with Crippen molar-refractivity contribution in [2.24, 2.45) is 11.7 Å². The number of carbonyl (C=O) groups is 1. The van der Waals surface area contributed by atoms with Gasteiger partial charge in [-0.1, -0.05) is 48.2 Å². The maximum Gasteiger partial charge on any atom is 0.224 e. The predicted molar refractivity (Wildman–Crippen MR) is 95.0 cm³/mol. The number of amides is 1. The molecule has 0 spiro atoms. The van der Waals surface area contributed by atoms with Gasteiger partial charge in [-0.15, -0.1) is 12.4 Å². The minimum Gasteiger partial charge on any atom is -0.355 e. The van der Waals surface area contributed by atoms with Gasteiger partial charge in [-0.2, -0.15) is 0 Å². The molecule has 1 aliphatic carbocycles. The second-order valence-corrected chi connectivity index (χ2v) is 6.84. The molecule has 1 fully saturated rings. The monoisotopic (exact) mass is 364 g/mol. The van der Waals surface area contributed by atoms with Gasteiger partial charge in [-0.3, -0.25) is 4.79 Å². The van der Waals surface area contributed by atoms with E-state index in [-0.39, 0.29) is 24.2 Å². The van der Waals surface area contributed by atoms with Crippen LogP contribution in [0.25, 0.3) is 0 Å². The van der Waals surface area contributed by atoms with Crippen molar-refractivity contribution in [3.05, 3.63) is 33.8 Å². The van der Waals surface area contributed by atoms with Gasteiger partial charge in [0.25, 0.3) is 0 Å². The Morgan fingerprint density at radius 2 is 2.14 bits per heavy atom. The molecular formula is C16H23Cl3N2O. The van der Waals surface area contributed by atoms with Crippen molar-refractivity contribution in [3.8, 4) is 0 Å². The third-order valence-electron chi connectivity index (χ3n) is 4.30. The molecule has 1 amide bonds. The molecule has 3 N–H and O–H groups in total. The van der Waals surface area contributed by atoms with Gasteiger partial charge in [-0.25, -0.2) is 0 Å². The van der Waals surface area contributed by atoms with E-state index in [2.05, 4.69) is 5.32 Å². The minimum absolute atomic E-state index is 0. The van der Waals surface area contributed by atoms with Crippen molar-refractivity contribution in [2.75, 3.05) is 6.54 Å². The minimum atomic E-state index is -0.393. The van der Waals surface area contributed by atoms with E-state index in [0.29, 0.717) is 23.0 Å². The van der Waals surface area contributed by atoms with Gasteiger partial charge in [0, 0.05) is 12.1 Å². The van der Waals surface area contributed by atoms with Crippen LogP contribution in [-0.2, 0) is 11.2 Å². The van der Waals surface area contributed by atoms with E-state index in [4.69, 9.17) is 28.9 Å². The quantitative estimate of drug-likeness (QED) is 0.848. The Labute approximate surface area is 148 Å². The van der Waals surface area contributed by atoms with Gasteiger partial charge in [-0.05, 0) is 37.8 Å². The summed E-state index contributed by atoms with van der Waals surface area (Å²) in [5.74, 6) is -0.0427. The summed E-state index contributed by atoms with van der Waals surface area (Å²) in [6.07, 6.45) is 4.63. The molecule has 22 heavy (non-hydrogen) atoms. The molecule has 2 rings (SSSR count). The van der Waals surface area contributed by atoms with Gasteiger partial charge in [0.2, 0.25) is 5.91 Å². The van der Waals surface area contributed by atoms with E-state index in [1.807, 2.05) is 19.1 Å². The largest absolute Gasteiger partial charge is 0.355 e. The second-order valence-electron chi connectivity index (χ2n) is 6.06. The van der Waals surface area contributed by atoms with Crippen LogP contribution in [-0.4, -0.2) is 18.0 Å². The Morgan fingerprint density at radius 1 is 1.41 bits per heavy atom. The molecule has 6 heteroatoms. The van der Waals surface area contributed by atoms with Gasteiger partial charge in [0.1, 0.15) is 0 Å². The molecule has 1 aromatic carbocycles. The maximum absolute atomic E-state index is 12.3. The first-order chi connectivity index (χ1) is 9.92. The molecule has 1 saturated carbocycles. The molecule has 1 aliphatic rings. The fourth-order valence-electron chi connectivity index (χ4n) is 2.97. The van der Waals surface area contributed by atoms with Crippen molar-refractivity contribution in [1.82, 2.24) is 5.32 Å². The second kappa shape index (κ2) is 8.39. The molecule has 0 saturated heterocycles. The first kappa shape index (κ1) is 19.6. The van der Waals surface area contributed by atoms with Gasteiger partial charge in [0.05, 0.1) is 16.0 Å². The summed E-state index contributed by atoms with van der Waals surface area (Å²) in [4.78, 5) is 12.3. The smallest absolute Gasteiger partial charge is 0.224 e. The van der Waals surface area contributed by atoms with Crippen LogP contribution in [0.4, 0.5) is 0 Å². The molecule has 0 heterocycles. The molecule has 0 aromatic heterocycles.